The molecule has 1 aliphatic rings. The van der Waals surface area contributed by atoms with E-state index in [4.69, 9.17) is 9.15 Å². The van der Waals surface area contributed by atoms with Gasteiger partial charge >= 0.3 is 0 Å². The molecule has 1 fully saturated rings. The lowest BCUT2D eigenvalue weighted by molar-refractivity contribution is 0.0271. The molecule has 0 amide bonds. The summed E-state index contributed by atoms with van der Waals surface area (Å²) in [6, 6.07) is 8.66. The standard InChI is InChI=1S/C18H25NO2/c1-4-9-19-18(16-8-6-13(3)20-16)17-11-14-10-12(2)5-7-15(14)21-17/h5,7,10-11,13,16,18-19H,4,6,8-9H2,1-3H3. The summed E-state index contributed by atoms with van der Waals surface area (Å²) in [7, 11) is 0. The Morgan fingerprint density at radius 2 is 2.14 bits per heavy atom. The summed E-state index contributed by atoms with van der Waals surface area (Å²) in [5.74, 6) is 1.00. The number of aryl methyl sites for hydroxylation is 1. The van der Waals surface area contributed by atoms with Gasteiger partial charge in [-0.1, -0.05) is 18.6 Å². The maximum Gasteiger partial charge on any atom is 0.134 e. The SMILES string of the molecule is CCCNC(c1cc2cc(C)ccc2o1)C1CCC(C)O1. The monoisotopic (exact) mass is 287 g/mol. The Hall–Kier alpha value is -1.32. The third-order valence-corrected chi connectivity index (χ3v) is 4.25. The van der Waals surface area contributed by atoms with Crippen molar-refractivity contribution in [2.45, 2.75) is 58.3 Å². The minimum Gasteiger partial charge on any atom is -0.459 e. The molecule has 3 nitrogen and oxygen atoms in total. The Kier molecular flexibility index (Phi) is 4.32. The van der Waals surface area contributed by atoms with E-state index in [9.17, 15) is 0 Å². The summed E-state index contributed by atoms with van der Waals surface area (Å²) in [6.45, 7) is 7.43. The van der Waals surface area contributed by atoms with Gasteiger partial charge in [-0.15, -0.1) is 0 Å². The molecule has 3 atom stereocenters. The first-order chi connectivity index (χ1) is 10.2. The van der Waals surface area contributed by atoms with E-state index in [0.29, 0.717) is 6.10 Å². The van der Waals surface area contributed by atoms with Gasteiger partial charge in [0, 0.05) is 5.39 Å². The van der Waals surface area contributed by atoms with Crippen LogP contribution < -0.4 is 5.32 Å². The summed E-state index contributed by atoms with van der Waals surface area (Å²) in [5, 5.41) is 4.78. The van der Waals surface area contributed by atoms with Crippen LogP contribution in [0.1, 0.15) is 50.5 Å². The zero-order valence-corrected chi connectivity index (χ0v) is 13.2. The number of nitrogens with one attached hydrogen (secondary N) is 1. The van der Waals surface area contributed by atoms with E-state index in [1.165, 1.54) is 10.9 Å². The fraction of sp³-hybridized carbons (Fsp3) is 0.556. The van der Waals surface area contributed by atoms with Crippen LogP contribution in [0.15, 0.2) is 28.7 Å². The highest BCUT2D eigenvalue weighted by Gasteiger charge is 2.32. The van der Waals surface area contributed by atoms with E-state index >= 15 is 0 Å². The van der Waals surface area contributed by atoms with Crippen molar-refractivity contribution in [1.82, 2.24) is 5.32 Å². The average Bonchev–Trinajstić information content (AvgIpc) is 3.05. The quantitative estimate of drug-likeness (QED) is 0.887. The maximum absolute atomic E-state index is 6.09. The minimum atomic E-state index is 0.155. The molecule has 114 valence electrons. The van der Waals surface area contributed by atoms with Crippen LogP contribution in [0.3, 0.4) is 0 Å². The zero-order valence-electron chi connectivity index (χ0n) is 13.2. The summed E-state index contributed by atoms with van der Waals surface area (Å²) in [6.07, 6.45) is 3.91. The summed E-state index contributed by atoms with van der Waals surface area (Å²) in [5.41, 5.74) is 2.23. The molecular formula is C18H25NO2. The molecular weight excluding hydrogens is 262 g/mol. The first-order valence-corrected chi connectivity index (χ1v) is 8.06. The second-order valence-corrected chi connectivity index (χ2v) is 6.18. The molecule has 0 radical (unpaired) electrons. The van der Waals surface area contributed by atoms with Crippen molar-refractivity contribution in [3.63, 3.8) is 0 Å². The van der Waals surface area contributed by atoms with Crippen LogP contribution in [0.2, 0.25) is 0 Å². The predicted octanol–water partition coefficient (Wildman–Crippen LogP) is 4.35. The number of fused-ring (bicyclic) bond motifs is 1. The van der Waals surface area contributed by atoms with Gasteiger partial charge in [-0.2, -0.15) is 0 Å². The Bertz CT molecular complexity index is 604. The van der Waals surface area contributed by atoms with Gasteiger partial charge in [0.1, 0.15) is 11.3 Å². The molecule has 3 heteroatoms. The zero-order chi connectivity index (χ0) is 14.8. The topological polar surface area (TPSA) is 34.4 Å². The van der Waals surface area contributed by atoms with Crippen LogP contribution in [0, 0.1) is 6.92 Å². The molecule has 21 heavy (non-hydrogen) atoms. The first-order valence-electron chi connectivity index (χ1n) is 8.06. The fourth-order valence-electron chi connectivity index (χ4n) is 3.13. The Labute approximate surface area is 126 Å². The van der Waals surface area contributed by atoms with E-state index < -0.39 is 0 Å². The molecule has 3 unspecified atom stereocenters. The molecule has 0 spiro atoms. The van der Waals surface area contributed by atoms with Crippen molar-refractivity contribution >= 4 is 11.0 Å². The molecule has 3 rings (SSSR count). The van der Waals surface area contributed by atoms with Gasteiger partial charge in [0.05, 0.1) is 18.2 Å². The number of hydrogen-bond donors (Lipinski definition) is 1. The highest BCUT2D eigenvalue weighted by Crippen LogP contribution is 2.33. The lowest BCUT2D eigenvalue weighted by atomic mass is 10.0. The lowest BCUT2D eigenvalue weighted by Gasteiger charge is -2.23. The van der Waals surface area contributed by atoms with Crippen molar-refractivity contribution < 1.29 is 9.15 Å². The number of hydrogen-bond acceptors (Lipinski definition) is 3. The van der Waals surface area contributed by atoms with Crippen molar-refractivity contribution in [3.05, 3.63) is 35.6 Å². The summed E-state index contributed by atoms with van der Waals surface area (Å²) >= 11 is 0. The molecule has 2 aromatic rings. The van der Waals surface area contributed by atoms with Gasteiger partial charge in [0.25, 0.3) is 0 Å². The van der Waals surface area contributed by atoms with E-state index in [-0.39, 0.29) is 12.1 Å². The van der Waals surface area contributed by atoms with E-state index in [2.05, 4.69) is 50.4 Å². The van der Waals surface area contributed by atoms with E-state index in [1.54, 1.807) is 0 Å². The second kappa shape index (κ2) is 6.20. The van der Waals surface area contributed by atoms with Gasteiger partial charge in [-0.05, 0) is 57.9 Å². The smallest absolute Gasteiger partial charge is 0.134 e. The first kappa shape index (κ1) is 14.6. The molecule has 2 heterocycles. The van der Waals surface area contributed by atoms with Gasteiger partial charge in [-0.25, -0.2) is 0 Å². The molecule has 1 N–H and O–H groups in total. The Balaban J connectivity index is 1.89. The van der Waals surface area contributed by atoms with Gasteiger partial charge in [-0.3, -0.25) is 0 Å². The lowest BCUT2D eigenvalue weighted by Crippen LogP contribution is -2.32. The molecule has 0 aliphatic carbocycles. The molecule has 1 aromatic heterocycles. The minimum absolute atomic E-state index is 0.155. The van der Waals surface area contributed by atoms with Crippen molar-refractivity contribution in [3.8, 4) is 0 Å². The summed E-state index contributed by atoms with van der Waals surface area (Å²) < 4.78 is 12.2. The number of ether oxygens (including phenoxy) is 1. The molecule has 0 bridgehead atoms. The van der Waals surface area contributed by atoms with Crippen molar-refractivity contribution in [2.24, 2.45) is 0 Å². The van der Waals surface area contributed by atoms with Gasteiger partial charge in [0.2, 0.25) is 0 Å². The number of furan rings is 1. The predicted molar refractivity (Wildman–Crippen MR) is 85.6 cm³/mol. The number of benzene rings is 1. The molecule has 0 saturated carbocycles. The van der Waals surface area contributed by atoms with Crippen LogP contribution in [0.4, 0.5) is 0 Å². The molecule has 1 aromatic carbocycles. The van der Waals surface area contributed by atoms with E-state index in [0.717, 1.165) is 37.2 Å². The van der Waals surface area contributed by atoms with Crippen molar-refractivity contribution in [1.29, 1.82) is 0 Å². The highest BCUT2D eigenvalue weighted by atomic mass is 16.5. The molecule has 1 aliphatic heterocycles. The number of rotatable bonds is 5. The Morgan fingerprint density at radius 1 is 1.29 bits per heavy atom. The largest absolute Gasteiger partial charge is 0.459 e. The summed E-state index contributed by atoms with van der Waals surface area (Å²) in [4.78, 5) is 0. The van der Waals surface area contributed by atoms with Crippen LogP contribution in [0.5, 0.6) is 0 Å². The molecule has 1 saturated heterocycles. The van der Waals surface area contributed by atoms with Crippen LogP contribution in [-0.2, 0) is 4.74 Å². The van der Waals surface area contributed by atoms with Crippen LogP contribution in [-0.4, -0.2) is 18.8 Å². The van der Waals surface area contributed by atoms with Crippen LogP contribution >= 0.6 is 0 Å². The van der Waals surface area contributed by atoms with E-state index in [1.807, 2.05) is 0 Å². The third kappa shape index (κ3) is 3.14. The Morgan fingerprint density at radius 3 is 2.86 bits per heavy atom. The fourth-order valence-corrected chi connectivity index (χ4v) is 3.13. The average molecular weight is 287 g/mol. The third-order valence-electron chi connectivity index (χ3n) is 4.25. The second-order valence-electron chi connectivity index (χ2n) is 6.18. The van der Waals surface area contributed by atoms with Crippen molar-refractivity contribution in [2.75, 3.05) is 6.54 Å². The maximum atomic E-state index is 6.09. The van der Waals surface area contributed by atoms with Gasteiger partial charge in [0.15, 0.2) is 0 Å². The highest BCUT2D eigenvalue weighted by molar-refractivity contribution is 5.78. The van der Waals surface area contributed by atoms with Gasteiger partial charge < -0.3 is 14.5 Å². The normalized spacial score (nSPS) is 23.8. The van der Waals surface area contributed by atoms with Crippen LogP contribution in [0.25, 0.3) is 11.0 Å².